The van der Waals surface area contributed by atoms with Gasteiger partial charge in [-0.1, -0.05) is 6.07 Å². The number of amides is 2. The van der Waals surface area contributed by atoms with E-state index in [9.17, 15) is 9.59 Å². The molecular weight excluding hydrogens is 366 g/mol. The molecule has 0 radical (unpaired) electrons. The summed E-state index contributed by atoms with van der Waals surface area (Å²) in [6.07, 6.45) is 3.75. The van der Waals surface area contributed by atoms with Crippen molar-refractivity contribution in [3.63, 3.8) is 0 Å². The SMILES string of the molecule is Cc1nn(C)c2nc(C3CC3)cc(C(=O)N3CCCc4c(C(N)=O)cccc43)c12. The summed E-state index contributed by atoms with van der Waals surface area (Å²) in [5, 5.41) is 5.31. The molecule has 148 valence electrons. The second kappa shape index (κ2) is 6.40. The molecule has 1 aliphatic carbocycles. The summed E-state index contributed by atoms with van der Waals surface area (Å²) in [6.45, 7) is 2.52. The Kier molecular flexibility index (Phi) is 3.94. The van der Waals surface area contributed by atoms with Gasteiger partial charge in [0.05, 0.1) is 16.6 Å². The zero-order valence-electron chi connectivity index (χ0n) is 16.6. The number of rotatable bonds is 3. The van der Waals surface area contributed by atoms with E-state index >= 15 is 0 Å². The molecule has 29 heavy (non-hydrogen) atoms. The molecule has 1 fully saturated rings. The van der Waals surface area contributed by atoms with Crippen LogP contribution in [0.2, 0.25) is 0 Å². The first-order chi connectivity index (χ1) is 14.0. The third kappa shape index (κ3) is 2.80. The van der Waals surface area contributed by atoms with Crippen LogP contribution in [0.15, 0.2) is 24.3 Å². The van der Waals surface area contributed by atoms with Crippen LogP contribution >= 0.6 is 0 Å². The summed E-state index contributed by atoms with van der Waals surface area (Å²) in [7, 11) is 1.86. The Balaban J connectivity index is 1.67. The number of hydrogen-bond acceptors (Lipinski definition) is 4. The number of pyridine rings is 1. The van der Waals surface area contributed by atoms with Crippen LogP contribution < -0.4 is 10.6 Å². The number of carbonyl (C=O) groups is 2. The van der Waals surface area contributed by atoms with Crippen molar-refractivity contribution in [2.75, 3.05) is 11.4 Å². The fourth-order valence-electron chi connectivity index (χ4n) is 4.43. The highest BCUT2D eigenvalue weighted by Gasteiger charge is 2.32. The first-order valence-corrected chi connectivity index (χ1v) is 10.0. The summed E-state index contributed by atoms with van der Waals surface area (Å²) in [4.78, 5) is 32.2. The first-order valence-electron chi connectivity index (χ1n) is 10.0. The average molecular weight is 389 g/mol. The summed E-state index contributed by atoms with van der Waals surface area (Å²) in [5.74, 6) is -0.101. The topological polar surface area (TPSA) is 94.1 Å². The molecule has 1 saturated carbocycles. The molecule has 3 aromatic rings. The molecule has 0 unspecified atom stereocenters. The second-order valence-electron chi connectivity index (χ2n) is 8.00. The lowest BCUT2D eigenvalue weighted by atomic mass is 9.95. The van der Waals surface area contributed by atoms with E-state index in [1.165, 1.54) is 0 Å². The molecule has 2 aromatic heterocycles. The Hall–Kier alpha value is -3.22. The van der Waals surface area contributed by atoms with Crippen molar-refractivity contribution in [1.82, 2.24) is 14.8 Å². The average Bonchev–Trinajstić information content (AvgIpc) is 3.52. The maximum absolute atomic E-state index is 13.8. The van der Waals surface area contributed by atoms with Gasteiger partial charge in [-0.2, -0.15) is 5.10 Å². The number of carbonyl (C=O) groups excluding carboxylic acids is 2. The minimum absolute atomic E-state index is 0.0713. The summed E-state index contributed by atoms with van der Waals surface area (Å²) in [6, 6.07) is 7.37. The Morgan fingerprint density at radius 2 is 2.00 bits per heavy atom. The Labute approximate surface area is 168 Å². The van der Waals surface area contributed by atoms with Crippen molar-refractivity contribution >= 4 is 28.5 Å². The van der Waals surface area contributed by atoms with Crippen molar-refractivity contribution in [3.05, 3.63) is 52.3 Å². The molecule has 2 amide bonds. The van der Waals surface area contributed by atoms with Crippen LogP contribution in [0, 0.1) is 6.92 Å². The van der Waals surface area contributed by atoms with Crippen LogP contribution in [0.4, 0.5) is 5.69 Å². The molecule has 7 nitrogen and oxygen atoms in total. The molecule has 1 aliphatic heterocycles. The molecule has 0 saturated heterocycles. The number of fused-ring (bicyclic) bond motifs is 2. The van der Waals surface area contributed by atoms with E-state index in [1.807, 2.05) is 26.1 Å². The highest BCUT2D eigenvalue weighted by Crippen LogP contribution is 2.41. The molecule has 2 aliphatic rings. The van der Waals surface area contributed by atoms with Gasteiger partial charge in [0.25, 0.3) is 5.91 Å². The number of nitrogens with two attached hydrogens (primary N) is 1. The number of aryl methyl sites for hydroxylation is 2. The van der Waals surface area contributed by atoms with Gasteiger partial charge in [-0.25, -0.2) is 4.98 Å². The molecular formula is C22H23N5O2. The summed E-state index contributed by atoms with van der Waals surface area (Å²) < 4.78 is 1.75. The van der Waals surface area contributed by atoms with Crippen LogP contribution in [0.5, 0.6) is 0 Å². The molecule has 1 aromatic carbocycles. The van der Waals surface area contributed by atoms with Gasteiger partial charge in [0, 0.05) is 36.5 Å². The number of hydrogen-bond donors (Lipinski definition) is 1. The van der Waals surface area contributed by atoms with Gasteiger partial charge in [0.2, 0.25) is 5.91 Å². The molecule has 7 heteroatoms. The van der Waals surface area contributed by atoms with Gasteiger partial charge >= 0.3 is 0 Å². The zero-order valence-corrected chi connectivity index (χ0v) is 16.6. The maximum atomic E-state index is 13.8. The minimum atomic E-state index is -0.457. The van der Waals surface area contributed by atoms with Crippen LogP contribution in [0.25, 0.3) is 11.0 Å². The Morgan fingerprint density at radius 3 is 2.72 bits per heavy atom. The van der Waals surface area contributed by atoms with E-state index in [0.29, 0.717) is 23.6 Å². The van der Waals surface area contributed by atoms with E-state index in [1.54, 1.807) is 21.7 Å². The molecule has 0 atom stereocenters. The summed E-state index contributed by atoms with van der Waals surface area (Å²) >= 11 is 0. The second-order valence-corrected chi connectivity index (χ2v) is 8.00. The van der Waals surface area contributed by atoms with E-state index in [0.717, 1.165) is 59.4 Å². The quantitative estimate of drug-likeness (QED) is 0.745. The zero-order chi connectivity index (χ0) is 20.3. The maximum Gasteiger partial charge on any atom is 0.259 e. The lowest BCUT2D eigenvalue weighted by Crippen LogP contribution is -2.36. The van der Waals surface area contributed by atoms with Gasteiger partial charge in [0.1, 0.15) is 0 Å². The Bertz CT molecular complexity index is 1180. The van der Waals surface area contributed by atoms with Crippen LogP contribution in [0.1, 0.15) is 62.8 Å². The van der Waals surface area contributed by atoms with Gasteiger partial charge in [-0.05, 0) is 56.4 Å². The van der Waals surface area contributed by atoms with Crippen molar-refractivity contribution in [3.8, 4) is 0 Å². The number of nitrogens with zero attached hydrogens (tertiary/aromatic N) is 4. The molecule has 3 heterocycles. The number of anilines is 1. The van der Waals surface area contributed by atoms with E-state index in [-0.39, 0.29) is 5.91 Å². The predicted octanol–water partition coefficient (Wildman–Crippen LogP) is 2.85. The fourth-order valence-corrected chi connectivity index (χ4v) is 4.43. The van der Waals surface area contributed by atoms with E-state index < -0.39 is 5.91 Å². The Morgan fingerprint density at radius 1 is 1.21 bits per heavy atom. The number of benzene rings is 1. The van der Waals surface area contributed by atoms with Gasteiger partial charge in [0.15, 0.2) is 5.65 Å². The van der Waals surface area contributed by atoms with Gasteiger partial charge < -0.3 is 10.6 Å². The van der Waals surface area contributed by atoms with E-state index in [2.05, 4.69) is 5.10 Å². The minimum Gasteiger partial charge on any atom is -0.366 e. The van der Waals surface area contributed by atoms with E-state index in [4.69, 9.17) is 10.7 Å². The lowest BCUT2D eigenvalue weighted by molar-refractivity contribution is 0.0978. The number of primary amides is 1. The monoisotopic (exact) mass is 389 g/mol. The third-order valence-electron chi connectivity index (χ3n) is 5.98. The van der Waals surface area contributed by atoms with Crippen LogP contribution in [0.3, 0.4) is 0 Å². The summed E-state index contributed by atoms with van der Waals surface area (Å²) in [5.41, 5.74) is 10.8. The fraction of sp³-hybridized carbons (Fsp3) is 0.364. The van der Waals surface area contributed by atoms with Crippen molar-refractivity contribution < 1.29 is 9.59 Å². The smallest absolute Gasteiger partial charge is 0.259 e. The van der Waals surface area contributed by atoms with Crippen LogP contribution in [-0.4, -0.2) is 33.1 Å². The standard InChI is InChI=1S/C22H23N5O2/c1-12-19-16(11-17(13-8-9-13)24-21(19)26(2)25-12)22(29)27-10-4-6-14-15(20(23)28)5-3-7-18(14)27/h3,5,7,11,13H,4,6,8-10H2,1-2H3,(H2,23,28). The number of aromatic nitrogens is 3. The van der Waals surface area contributed by atoms with Crippen LogP contribution in [-0.2, 0) is 13.5 Å². The van der Waals surface area contributed by atoms with Gasteiger partial charge in [-0.15, -0.1) is 0 Å². The van der Waals surface area contributed by atoms with Crippen molar-refractivity contribution in [2.24, 2.45) is 12.8 Å². The largest absolute Gasteiger partial charge is 0.366 e. The molecule has 0 bridgehead atoms. The molecule has 0 spiro atoms. The predicted molar refractivity (Wildman–Crippen MR) is 110 cm³/mol. The molecule has 2 N–H and O–H groups in total. The van der Waals surface area contributed by atoms with Crippen molar-refractivity contribution in [2.45, 2.75) is 38.5 Å². The highest BCUT2D eigenvalue weighted by atomic mass is 16.2. The van der Waals surface area contributed by atoms with Crippen molar-refractivity contribution in [1.29, 1.82) is 0 Å². The van der Waals surface area contributed by atoms with Gasteiger partial charge in [-0.3, -0.25) is 14.3 Å². The normalized spacial score (nSPS) is 16.1. The first kappa shape index (κ1) is 17.8. The molecule has 5 rings (SSSR count). The third-order valence-corrected chi connectivity index (χ3v) is 5.98. The lowest BCUT2D eigenvalue weighted by Gasteiger charge is -2.31. The highest BCUT2D eigenvalue weighted by molar-refractivity contribution is 6.14.